The van der Waals surface area contributed by atoms with E-state index in [1.807, 2.05) is 36.4 Å². The van der Waals surface area contributed by atoms with Crippen molar-refractivity contribution in [3.05, 3.63) is 106 Å². The molecule has 1 saturated carbocycles. The van der Waals surface area contributed by atoms with E-state index in [2.05, 4.69) is 0 Å². The molecule has 35 heavy (non-hydrogen) atoms. The highest BCUT2D eigenvalue weighted by Gasteiger charge is 2.52. The van der Waals surface area contributed by atoms with Crippen molar-refractivity contribution in [2.45, 2.75) is 24.4 Å². The molecule has 6 rings (SSSR count). The topological polar surface area (TPSA) is 75.0 Å². The zero-order valence-electron chi connectivity index (χ0n) is 18.5. The van der Waals surface area contributed by atoms with Crippen LogP contribution >= 0.6 is 0 Å². The van der Waals surface area contributed by atoms with Gasteiger partial charge in [-0.3, -0.25) is 19.3 Å². The summed E-state index contributed by atoms with van der Waals surface area (Å²) in [4.78, 5) is 27.5. The maximum atomic E-state index is 15.1. The third-order valence-corrected chi connectivity index (χ3v) is 6.90. The van der Waals surface area contributed by atoms with Crippen LogP contribution in [0, 0.1) is 11.6 Å². The lowest BCUT2D eigenvalue weighted by Crippen LogP contribution is -2.58. The van der Waals surface area contributed by atoms with Gasteiger partial charge in [-0.1, -0.05) is 36.4 Å². The number of hydrogen-bond donors (Lipinski definition) is 1. The average Bonchev–Trinajstić information content (AvgIpc) is 3.65. The SMILES string of the molecule is O=C1c2c(O)c(=O)ccn2N2CN1C1(/C=C\COc3c(ccc(F)c3F)[C@H]2c2ccccc2)CC1. The van der Waals surface area contributed by atoms with Gasteiger partial charge in [-0.15, -0.1) is 0 Å². The van der Waals surface area contributed by atoms with Crippen molar-refractivity contribution >= 4 is 5.91 Å². The molecule has 2 aromatic carbocycles. The molecule has 2 aliphatic heterocycles. The molecule has 3 heterocycles. The van der Waals surface area contributed by atoms with Crippen molar-refractivity contribution in [1.29, 1.82) is 0 Å². The van der Waals surface area contributed by atoms with Crippen LogP contribution < -0.4 is 15.2 Å². The van der Waals surface area contributed by atoms with Crippen LogP contribution in [0.25, 0.3) is 0 Å². The Morgan fingerprint density at radius 3 is 2.54 bits per heavy atom. The average molecular weight is 477 g/mol. The maximum absolute atomic E-state index is 15.1. The maximum Gasteiger partial charge on any atom is 0.278 e. The van der Waals surface area contributed by atoms with Gasteiger partial charge in [-0.05, 0) is 36.6 Å². The molecule has 1 N–H and O–H groups in total. The summed E-state index contributed by atoms with van der Waals surface area (Å²) in [6, 6.07) is 12.1. The van der Waals surface area contributed by atoms with Crippen LogP contribution in [-0.2, 0) is 0 Å². The zero-order chi connectivity index (χ0) is 24.3. The zero-order valence-corrected chi connectivity index (χ0v) is 18.5. The van der Waals surface area contributed by atoms with Crippen molar-refractivity contribution in [3.8, 4) is 11.5 Å². The first-order valence-corrected chi connectivity index (χ1v) is 11.3. The minimum Gasteiger partial charge on any atom is -0.502 e. The van der Waals surface area contributed by atoms with Crippen LogP contribution in [0.4, 0.5) is 8.78 Å². The monoisotopic (exact) mass is 477 g/mol. The van der Waals surface area contributed by atoms with Gasteiger partial charge < -0.3 is 14.7 Å². The van der Waals surface area contributed by atoms with E-state index in [9.17, 15) is 19.1 Å². The molecule has 1 spiro atoms. The minimum atomic E-state index is -1.11. The fourth-order valence-electron chi connectivity index (χ4n) is 4.99. The summed E-state index contributed by atoms with van der Waals surface area (Å²) >= 11 is 0. The quantitative estimate of drug-likeness (QED) is 0.544. The molecular weight excluding hydrogens is 456 g/mol. The molecule has 3 aliphatic rings. The number of benzene rings is 2. The van der Waals surface area contributed by atoms with Crippen molar-refractivity contribution in [2.24, 2.45) is 0 Å². The Kier molecular flexibility index (Phi) is 4.70. The molecule has 1 fully saturated rings. The van der Waals surface area contributed by atoms with E-state index in [1.54, 1.807) is 16.0 Å². The van der Waals surface area contributed by atoms with Crippen LogP contribution in [-0.4, -0.2) is 39.4 Å². The van der Waals surface area contributed by atoms with E-state index in [4.69, 9.17) is 4.74 Å². The molecule has 1 aromatic heterocycles. The Morgan fingerprint density at radius 1 is 1.03 bits per heavy atom. The van der Waals surface area contributed by atoms with E-state index < -0.39 is 40.3 Å². The summed E-state index contributed by atoms with van der Waals surface area (Å²) in [6.45, 7) is 0.0607. The smallest absolute Gasteiger partial charge is 0.278 e. The summed E-state index contributed by atoms with van der Waals surface area (Å²) < 4.78 is 36.6. The normalized spacial score (nSPS) is 21.0. The van der Waals surface area contributed by atoms with Crippen LogP contribution in [0.3, 0.4) is 0 Å². The lowest BCUT2D eigenvalue weighted by Gasteiger charge is -2.46. The number of aromatic hydroxyl groups is 1. The number of carbonyl (C=O) groups excluding carboxylic acids is 1. The van der Waals surface area contributed by atoms with Crippen molar-refractivity contribution in [2.75, 3.05) is 18.3 Å². The van der Waals surface area contributed by atoms with E-state index in [1.165, 1.54) is 23.0 Å². The molecule has 0 saturated heterocycles. The third-order valence-electron chi connectivity index (χ3n) is 6.90. The first-order valence-electron chi connectivity index (χ1n) is 11.3. The summed E-state index contributed by atoms with van der Waals surface area (Å²) in [5.74, 6) is -3.51. The fourth-order valence-corrected chi connectivity index (χ4v) is 4.99. The Morgan fingerprint density at radius 2 is 1.80 bits per heavy atom. The number of nitrogens with zero attached hydrogens (tertiary/aromatic N) is 3. The lowest BCUT2D eigenvalue weighted by molar-refractivity contribution is 0.0606. The highest BCUT2D eigenvalue weighted by atomic mass is 19.2. The van der Waals surface area contributed by atoms with Crippen LogP contribution in [0.2, 0.25) is 0 Å². The molecule has 1 aliphatic carbocycles. The van der Waals surface area contributed by atoms with Gasteiger partial charge in [0.15, 0.2) is 23.0 Å². The third kappa shape index (κ3) is 3.22. The van der Waals surface area contributed by atoms with Gasteiger partial charge in [-0.25, -0.2) is 4.39 Å². The second-order valence-corrected chi connectivity index (χ2v) is 8.95. The molecule has 3 aromatic rings. The van der Waals surface area contributed by atoms with Crippen LogP contribution in [0.15, 0.2) is 71.7 Å². The molecule has 2 bridgehead atoms. The fraction of sp³-hybridized carbons (Fsp3) is 0.231. The molecular formula is C26H21F2N3O4. The molecule has 178 valence electrons. The second-order valence-electron chi connectivity index (χ2n) is 8.95. The number of pyridine rings is 1. The largest absolute Gasteiger partial charge is 0.502 e. The van der Waals surface area contributed by atoms with Crippen molar-refractivity contribution in [3.63, 3.8) is 0 Å². The van der Waals surface area contributed by atoms with E-state index in [0.29, 0.717) is 18.4 Å². The van der Waals surface area contributed by atoms with E-state index in [0.717, 1.165) is 11.6 Å². The van der Waals surface area contributed by atoms with Gasteiger partial charge in [0.2, 0.25) is 11.2 Å². The highest BCUT2D eigenvalue weighted by molar-refractivity contribution is 5.97. The molecule has 0 unspecified atom stereocenters. The van der Waals surface area contributed by atoms with E-state index in [-0.39, 0.29) is 24.7 Å². The number of ether oxygens (including phenoxy) is 1. The Balaban J connectivity index is 1.67. The Hall–Kier alpha value is -4.14. The first kappa shape index (κ1) is 21.4. The predicted molar refractivity (Wildman–Crippen MR) is 123 cm³/mol. The number of hydrogen-bond acceptors (Lipinski definition) is 5. The van der Waals surface area contributed by atoms with Crippen molar-refractivity contribution in [1.82, 2.24) is 9.58 Å². The van der Waals surface area contributed by atoms with Gasteiger partial charge in [0.25, 0.3) is 5.91 Å². The number of rotatable bonds is 1. The van der Waals surface area contributed by atoms with Gasteiger partial charge >= 0.3 is 0 Å². The van der Waals surface area contributed by atoms with Gasteiger partial charge in [-0.2, -0.15) is 4.39 Å². The standard InChI is InChI=1S/C26H21F2N3O4/c27-18-8-7-17-21(16-5-2-1-3-6-16)31-15-29(25(34)22-23(33)19(32)9-13-30(22)31)26(11-12-26)10-4-14-35-24(17)20(18)28/h1-10,13,21,33H,11-12,14-15H2/b10-4-/t21-/m1/s1. The summed E-state index contributed by atoms with van der Waals surface area (Å²) in [5, 5.41) is 12.4. The lowest BCUT2D eigenvalue weighted by atomic mass is 9.96. The number of halogens is 2. The second kappa shape index (κ2) is 7.69. The summed E-state index contributed by atoms with van der Waals surface area (Å²) in [6.07, 6.45) is 6.31. The number of fused-ring (bicyclic) bond motifs is 6. The van der Waals surface area contributed by atoms with Crippen molar-refractivity contribution < 1.29 is 23.4 Å². The molecule has 1 atom stereocenters. The summed E-state index contributed by atoms with van der Waals surface area (Å²) in [7, 11) is 0. The highest BCUT2D eigenvalue weighted by Crippen LogP contribution is 2.47. The number of amides is 1. The Bertz CT molecular complexity index is 1430. The molecule has 0 radical (unpaired) electrons. The first-order chi connectivity index (χ1) is 16.9. The van der Waals surface area contributed by atoms with Crippen LogP contribution in [0.5, 0.6) is 11.5 Å². The number of carbonyl (C=O) groups is 1. The molecule has 7 nitrogen and oxygen atoms in total. The minimum absolute atomic E-state index is 0.0191. The predicted octanol–water partition coefficient (Wildman–Crippen LogP) is 3.45. The van der Waals surface area contributed by atoms with Gasteiger partial charge in [0, 0.05) is 17.8 Å². The molecule has 9 heteroatoms. The number of aromatic nitrogens is 1. The van der Waals surface area contributed by atoms with Crippen LogP contribution in [0.1, 0.15) is 40.5 Å². The van der Waals surface area contributed by atoms with Gasteiger partial charge in [0.05, 0.1) is 5.54 Å². The summed E-state index contributed by atoms with van der Waals surface area (Å²) in [5.41, 5.74) is -0.408. The van der Waals surface area contributed by atoms with E-state index >= 15 is 4.39 Å². The molecule has 1 amide bonds. The Labute approximate surface area is 199 Å². The van der Waals surface area contributed by atoms with Gasteiger partial charge in [0.1, 0.15) is 19.3 Å².